The van der Waals surface area contributed by atoms with Gasteiger partial charge < -0.3 is 5.11 Å². The Bertz CT molecular complexity index is 540. The van der Waals surface area contributed by atoms with Crippen molar-refractivity contribution in [2.45, 2.75) is 25.7 Å². The number of aryl methyl sites for hydroxylation is 1. The molecule has 0 bridgehead atoms. The Morgan fingerprint density at radius 2 is 1.82 bits per heavy atom. The Morgan fingerprint density at radius 3 is 2.59 bits per heavy atom. The lowest BCUT2D eigenvalue weighted by Crippen LogP contribution is -1.95. The maximum Gasteiger partial charge on any atom is 0.115 e. The van der Waals surface area contributed by atoms with Crippen LogP contribution in [0.5, 0.6) is 5.75 Å². The monoisotopic (exact) mass is 224 g/mol. The van der Waals surface area contributed by atoms with Crippen molar-refractivity contribution in [2.24, 2.45) is 0 Å². The summed E-state index contributed by atoms with van der Waals surface area (Å²) in [5, 5.41) is 9.34. The van der Waals surface area contributed by atoms with E-state index in [4.69, 9.17) is 0 Å². The van der Waals surface area contributed by atoms with Gasteiger partial charge in [0.25, 0.3) is 0 Å². The van der Waals surface area contributed by atoms with Crippen molar-refractivity contribution in [1.82, 2.24) is 0 Å². The van der Waals surface area contributed by atoms with Crippen LogP contribution < -0.4 is 0 Å². The quantitative estimate of drug-likeness (QED) is 0.781. The summed E-state index contributed by atoms with van der Waals surface area (Å²) in [6.45, 7) is 2.19. The molecule has 1 aliphatic carbocycles. The first kappa shape index (κ1) is 10.4. The molecule has 1 heteroatoms. The molecule has 2 aromatic rings. The van der Waals surface area contributed by atoms with Crippen LogP contribution in [-0.4, -0.2) is 5.11 Å². The normalized spacial score (nSPS) is 18.1. The molecule has 0 aliphatic heterocycles. The molecule has 1 aliphatic rings. The molecule has 0 spiro atoms. The summed E-state index contributed by atoms with van der Waals surface area (Å²) in [4.78, 5) is 0. The zero-order valence-corrected chi connectivity index (χ0v) is 9.98. The number of aromatic hydroxyl groups is 1. The third-order valence-corrected chi connectivity index (χ3v) is 3.80. The van der Waals surface area contributed by atoms with Crippen LogP contribution in [0.15, 0.2) is 42.5 Å². The highest BCUT2D eigenvalue weighted by atomic mass is 16.3. The van der Waals surface area contributed by atoms with Gasteiger partial charge in [0.05, 0.1) is 0 Å². The lowest BCUT2D eigenvalue weighted by molar-refractivity contribution is 0.475. The summed E-state index contributed by atoms with van der Waals surface area (Å²) in [6, 6.07) is 14.2. The smallest absolute Gasteiger partial charge is 0.115 e. The topological polar surface area (TPSA) is 20.2 Å². The standard InChI is InChI=1S/C16H16O/c1-11-3-2-4-16-14(11)9-10-15(16)12-5-7-13(17)8-6-12/h2-8,15,17H,9-10H2,1H3. The summed E-state index contributed by atoms with van der Waals surface area (Å²) < 4.78 is 0. The molecule has 0 saturated carbocycles. The zero-order chi connectivity index (χ0) is 11.8. The van der Waals surface area contributed by atoms with Crippen molar-refractivity contribution >= 4 is 0 Å². The largest absolute Gasteiger partial charge is 0.508 e. The van der Waals surface area contributed by atoms with Gasteiger partial charge >= 0.3 is 0 Å². The highest BCUT2D eigenvalue weighted by Gasteiger charge is 2.24. The average Bonchev–Trinajstić information content (AvgIpc) is 2.75. The van der Waals surface area contributed by atoms with Gasteiger partial charge in [-0.3, -0.25) is 0 Å². The zero-order valence-electron chi connectivity index (χ0n) is 9.98. The van der Waals surface area contributed by atoms with Crippen LogP contribution in [-0.2, 0) is 6.42 Å². The SMILES string of the molecule is Cc1cccc2c1CCC2c1ccc(O)cc1. The molecule has 86 valence electrons. The van der Waals surface area contributed by atoms with Crippen LogP contribution in [0, 0.1) is 6.92 Å². The molecule has 3 rings (SSSR count). The first-order valence-electron chi connectivity index (χ1n) is 6.13. The lowest BCUT2D eigenvalue weighted by Gasteiger charge is -2.12. The number of benzene rings is 2. The number of phenols is 1. The maximum atomic E-state index is 9.34. The second-order valence-electron chi connectivity index (χ2n) is 4.83. The Balaban J connectivity index is 2.04. The molecule has 0 saturated heterocycles. The molecular formula is C16H16O. The van der Waals surface area contributed by atoms with Gasteiger partial charge in [-0.2, -0.15) is 0 Å². The van der Waals surface area contributed by atoms with Crippen LogP contribution in [0.25, 0.3) is 0 Å². The van der Waals surface area contributed by atoms with E-state index in [1.54, 1.807) is 12.1 Å². The Labute approximate surface area is 102 Å². The molecular weight excluding hydrogens is 208 g/mol. The summed E-state index contributed by atoms with van der Waals surface area (Å²) in [6.07, 6.45) is 2.36. The third-order valence-electron chi connectivity index (χ3n) is 3.80. The number of rotatable bonds is 1. The van der Waals surface area contributed by atoms with E-state index < -0.39 is 0 Å². The van der Waals surface area contributed by atoms with Crippen LogP contribution in [0.2, 0.25) is 0 Å². The predicted molar refractivity (Wildman–Crippen MR) is 69.4 cm³/mol. The number of fused-ring (bicyclic) bond motifs is 1. The van der Waals surface area contributed by atoms with Gasteiger partial charge in [0.2, 0.25) is 0 Å². The van der Waals surface area contributed by atoms with Crippen LogP contribution in [0.1, 0.15) is 34.6 Å². The second kappa shape index (κ2) is 3.92. The minimum atomic E-state index is 0.344. The van der Waals surface area contributed by atoms with Crippen molar-refractivity contribution < 1.29 is 5.11 Å². The Kier molecular flexibility index (Phi) is 2.40. The fraction of sp³-hybridized carbons (Fsp3) is 0.250. The maximum absolute atomic E-state index is 9.34. The van der Waals surface area contributed by atoms with Gasteiger partial charge in [0, 0.05) is 5.92 Å². The molecule has 0 heterocycles. The van der Waals surface area contributed by atoms with E-state index in [0.717, 1.165) is 0 Å². The number of hydrogen-bond donors (Lipinski definition) is 1. The van der Waals surface area contributed by atoms with Crippen molar-refractivity contribution in [3.8, 4) is 5.75 Å². The van der Waals surface area contributed by atoms with Gasteiger partial charge in [0.15, 0.2) is 0 Å². The average molecular weight is 224 g/mol. The number of phenolic OH excluding ortho intramolecular Hbond substituents is 1. The first-order valence-corrected chi connectivity index (χ1v) is 6.13. The predicted octanol–water partition coefficient (Wildman–Crippen LogP) is 3.78. The molecule has 1 unspecified atom stereocenters. The fourth-order valence-electron chi connectivity index (χ4n) is 2.89. The summed E-state index contributed by atoms with van der Waals surface area (Å²) in [7, 11) is 0. The minimum Gasteiger partial charge on any atom is -0.508 e. The van der Waals surface area contributed by atoms with Crippen molar-refractivity contribution in [3.05, 3.63) is 64.7 Å². The van der Waals surface area contributed by atoms with E-state index in [0.29, 0.717) is 11.7 Å². The van der Waals surface area contributed by atoms with Gasteiger partial charge in [-0.1, -0.05) is 30.3 Å². The van der Waals surface area contributed by atoms with Crippen molar-refractivity contribution in [3.63, 3.8) is 0 Å². The van der Waals surface area contributed by atoms with Gasteiger partial charge in [0.1, 0.15) is 5.75 Å². The molecule has 2 aromatic carbocycles. The summed E-state index contributed by atoms with van der Waals surface area (Å²) in [5.41, 5.74) is 5.71. The summed E-state index contributed by atoms with van der Waals surface area (Å²) >= 11 is 0. The van der Waals surface area contributed by atoms with Crippen molar-refractivity contribution in [1.29, 1.82) is 0 Å². The second-order valence-corrected chi connectivity index (χ2v) is 4.83. The van der Waals surface area contributed by atoms with Gasteiger partial charge in [-0.15, -0.1) is 0 Å². The molecule has 0 radical (unpaired) electrons. The lowest BCUT2D eigenvalue weighted by atomic mass is 9.92. The van der Waals surface area contributed by atoms with Gasteiger partial charge in [-0.05, 0) is 54.2 Å². The van der Waals surface area contributed by atoms with E-state index in [-0.39, 0.29) is 0 Å². The molecule has 0 fully saturated rings. The van der Waals surface area contributed by atoms with E-state index >= 15 is 0 Å². The first-order chi connectivity index (χ1) is 8.25. The minimum absolute atomic E-state index is 0.344. The van der Waals surface area contributed by atoms with Crippen LogP contribution in [0.4, 0.5) is 0 Å². The highest BCUT2D eigenvalue weighted by Crippen LogP contribution is 2.39. The number of hydrogen-bond acceptors (Lipinski definition) is 1. The molecule has 1 nitrogen and oxygen atoms in total. The Morgan fingerprint density at radius 1 is 1.06 bits per heavy atom. The summed E-state index contributed by atoms with van der Waals surface area (Å²) in [5.74, 6) is 0.849. The van der Waals surface area contributed by atoms with E-state index in [1.165, 1.54) is 35.1 Å². The molecule has 0 aromatic heterocycles. The molecule has 0 amide bonds. The highest BCUT2D eigenvalue weighted by molar-refractivity contribution is 5.46. The Hall–Kier alpha value is -1.76. The third kappa shape index (κ3) is 1.72. The van der Waals surface area contributed by atoms with Gasteiger partial charge in [-0.25, -0.2) is 0 Å². The molecule has 1 N–H and O–H groups in total. The van der Waals surface area contributed by atoms with E-state index in [1.807, 2.05) is 12.1 Å². The van der Waals surface area contributed by atoms with E-state index in [9.17, 15) is 5.11 Å². The van der Waals surface area contributed by atoms with Crippen molar-refractivity contribution in [2.75, 3.05) is 0 Å². The fourth-order valence-corrected chi connectivity index (χ4v) is 2.89. The van der Waals surface area contributed by atoms with Crippen LogP contribution >= 0.6 is 0 Å². The molecule has 1 atom stereocenters. The molecule has 17 heavy (non-hydrogen) atoms. The van der Waals surface area contributed by atoms with E-state index in [2.05, 4.69) is 25.1 Å². The van der Waals surface area contributed by atoms with Crippen LogP contribution in [0.3, 0.4) is 0 Å².